The standard InChI is InChI=1S/C32H31ClN2O5/c1-37-23-11-7-21(8-12-23)19-39-29-16-15-26(30(33)31(29)40-20-22-9-13-24(38-2)14-10-22)32(36)35-28-17-18-34-27-6-4-3-5-25(27)28/h7-18H,3-6,19-20H2,1-2H3,(H,34,35,36). The molecule has 1 amide bonds. The number of nitrogens with zero attached hydrogens (tertiary/aromatic N) is 1. The lowest BCUT2D eigenvalue weighted by atomic mass is 9.94. The number of anilines is 1. The second-order valence-corrected chi connectivity index (χ2v) is 9.85. The molecule has 0 spiro atoms. The van der Waals surface area contributed by atoms with Gasteiger partial charge in [0.15, 0.2) is 11.5 Å². The molecule has 40 heavy (non-hydrogen) atoms. The minimum atomic E-state index is -0.319. The Morgan fingerprint density at radius 1 is 0.825 bits per heavy atom. The number of amides is 1. The summed E-state index contributed by atoms with van der Waals surface area (Å²) >= 11 is 6.84. The molecule has 0 atom stereocenters. The molecule has 1 aromatic heterocycles. The van der Waals surface area contributed by atoms with Gasteiger partial charge in [0.05, 0.1) is 24.8 Å². The zero-order chi connectivity index (χ0) is 27.9. The number of methoxy groups -OCH3 is 2. The van der Waals surface area contributed by atoms with Crippen LogP contribution in [0.2, 0.25) is 5.02 Å². The molecule has 0 unspecified atom stereocenters. The summed E-state index contributed by atoms with van der Waals surface area (Å²) in [7, 11) is 3.25. The van der Waals surface area contributed by atoms with E-state index in [2.05, 4.69) is 10.3 Å². The summed E-state index contributed by atoms with van der Waals surface area (Å²) in [6, 6.07) is 20.4. The third-order valence-electron chi connectivity index (χ3n) is 6.88. The summed E-state index contributed by atoms with van der Waals surface area (Å²) in [4.78, 5) is 17.9. The van der Waals surface area contributed by atoms with Gasteiger partial charge in [0.1, 0.15) is 24.7 Å². The summed E-state index contributed by atoms with van der Waals surface area (Å²) in [5, 5.41) is 3.23. The second kappa shape index (κ2) is 12.7. The van der Waals surface area contributed by atoms with Crippen molar-refractivity contribution >= 4 is 23.2 Å². The van der Waals surface area contributed by atoms with Crippen LogP contribution in [0.15, 0.2) is 72.9 Å². The van der Waals surface area contributed by atoms with Crippen LogP contribution in [0.1, 0.15) is 45.6 Å². The molecule has 1 aliphatic rings. The minimum absolute atomic E-state index is 0.182. The van der Waals surface area contributed by atoms with E-state index in [1.165, 1.54) is 0 Å². The summed E-state index contributed by atoms with van der Waals surface area (Å²) in [6.07, 6.45) is 5.73. The predicted molar refractivity (Wildman–Crippen MR) is 155 cm³/mol. The fourth-order valence-corrected chi connectivity index (χ4v) is 4.95. The Bertz CT molecular complexity index is 1470. The zero-order valence-electron chi connectivity index (χ0n) is 22.5. The number of hydrogen-bond acceptors (Lipinski definition) is 6. The van der Waals surface area contributed by atoms with E-state index >= 15 is 0 Å². The van der Waals surface area contributed by atoms with Gasteiger partial charge in [-0.2, -0.15) is 0 Å². The third-order valence-corrected chi connectivity index (χ3v) is 7.26. The Kier molecular flexibility index (Phi) is 8.71. The van der Waals surface area contributed by atoms with E-state index in [1.54, 1.807) is 32.5 Å². The smallest absolute Gasteiger partial charge is 0.257 e. The summed E-state index contributed by atoms with van der Waals surface area (Å²) < 4.78 is 22.8. The molecule has 8 heteroatoms. The van der Waals surface area contributed by atoms with Gasteiger partial charge >= 0.3 is 0 Å². The van der Waals surface area contributed by atoms with Crippen LogP contribution < -0.4 is 24.3 Å². The molecule has 7 nitrogen and oxygen atoms in total. The highest BCUT2D eigenvalue weighted by Crippen LogP contribution is 2.39. The van der Waals surface area contributed by atoms with E-state index in [0.29, 0.717) is 17.1 Å². The number of benzene rings is 3. The van der Waals surface area contributed by atoms with Crippen LogP contribution in [0.3, 0.4) is 0 Å². The van der Waals surface area contributed by atoms with Crippen molar-refractivity contribution in [2.24, 2.45) is 0 Å². The van der Waals surface area contributed by atoms with Gasteiger partial charge in [-0.05, 0) is 84.8 Å². The van der Waals surface area contributed by atoms with Crippen molar-refractivity contribution in [1.29, 1.82) is 0 Å². The minimum Gasteiger partial charge on any atom is -0.497 e. The average Bonchev–Trinajstić information content (AvgIpc) is 3.00. The first-order valence-corrected chi connectivity index (χ1v) is 13.6. The van der Waals surface area contributed by atoms with E-state index in [4.69, 9.17) is 30.5 Å². The Morgan fingerprint density at radius 2 is 1.45 bits per heavy atom. The van der Waals surface area contributed by atoms with Gasteiger partial charge in [-0.25, -0.2) is 0 Å². The van der Waals surface area contributed by atoms with Gasteiger partial charge in [0.2, 0.25) is 0 Å². The highest BCUT2D eigenvalue weighted by molar-refractivity contribution is 6.36. The lowest BCUT2D eigenvalue weighted by Crippen LogP contribution is -2.17. The first kappa shape index (κ1) is 27.3. The maximum Gasteiger partial charge on any atom is 0.257 e. The number of halogens is 1. The maximum atomic E-state index is 13.4. The van der Waals surface area contributed by atoms with E-state index in [1.807, 2.05) is 54.6 Å². The van der Waals surface area contributed by atoms with E-state index in [9.17, 15) is 4.79 Å². The van der Waals surface area contributed by atoms with Crippen LogP contribution in [0.25, 0.3) is 0 Å². The Labute approximate surface area is 239 Å². The third kappa shape index (κ3) is 6.32. The molecule has 0 saturated carbocycles. The summed E-state index contributed by atoms with van der Waals surface area (Å²) in [5.41, 5.74) is 5.06. The van der Waals surface area contributed by atoms with E-state index in [-0.39, 0.29) is 24.1 Å². The average molecular weight is 559 g/mol. The van der Waals surface area contributed by atoms with Gasteiger partial charge in [0, 0.05) is 17.6 Å². The lowest BCUT2D eigenvalue weighted by molar-refractivity contribution is 0.102. The second-order valence-electron chi connectivity index (χ2n) is 9.47. The highest BCUT2D eigenvalue weighted by Gasteiger charge is 2.22. The number of aryl methyl sites for hydroxylation is 1. The summed E-state index contributed by atoms with van der Waals surface area (Å²) in [6.45, 7) is 0.513. The number of nitrogens with one attached hydrogen (secondary N) is 1. The topological polar surface area (TPSA) is 78.9 Å². The maximum absolute atomic E-state index is 13.4. The van der Waals surface area contributed by atoms with Crippen molar-refractivity contribution in [2.45, 2.75) is 38.9 Å². The van der Waals surface area contributed by atoms with Crippen molar-refractivity contribution in [3.05, 3.63) is 106 Å². The number of carbonyl (C=O) groups excluding carboxylic acids is 1. The Hall–Kier alpha value is -4.23. The molecule has 0 aliphatic heterocycles. The van der Waals surface area contributed by atoms with Gasteiger partial charge < -0.3 is 24.3 Å². The fraction of sp³-hybridized carbons (Fsp3) is 0.250. The van der Waals surface area contributed by atoms with Crippen molar-refractivity contribution in [2.75, 3.05) is 19.5 Å². The van der Waals surface area contributed by atoms with Crippen molar-refractivity contribution < 1.29 is 23.7 Å². The molecule has 1 N–H and O–H groups in total. The number of aromatic nitrogens is 1. The number of pyridine rings is 1. The fourth-order valence-electron chi connectivity index (χ4n) is 4.65. The predicted octanol–water partition coefficient (Wildman–Crippen LogP) is 7.04. The monoisotopic (exact) mass is 558 g/mol. The quantitative estimate of drug-likeness (QED) is 0.225. The normalized spacial score (nSPS) is 12.3. The van der Waals surface area contributed by atoms with E-state index in [0.717, 1.165) is 65.3 Å². The van der Waals surface area contributed by atoms with Crippen molar-refractivity contribution in [1.82, 2.24) is 4.98 Å². The molecule has 1 heterocycles. The first-order chi connectivity index (χ1) is 19.6. The molecule has 0 fully saturated rings. The van der Waals surface area contributed by atoms with Crippen molar-refractivity contribution in [3.63, 3.8) is 0 Å². The largest absolute Gasteiger partial charge is 0.497 e. The van der Waals surface area contributed by atoms with Crippen LogP contribution in [0, 0.1) is 0 Å². The molecule has 1 aliphatic carbocycles. The molecule has 0 saturated heterocycles. The number of hydrogen-bond donors (Lipinski definition) is 1. The van der Waals surface area contributed by atoms with Gasteiger partial charge in [-0.15, -0.1) is 0 Å². The molecule has 4 aromatic rings. The Morgan fingerprint density at radius 3 is 2.10 bits per heavy atom. The van der Waals surface area contributed by atoms with Crippen molar-refractivity contribution in [3.8, 4) is 23.0 Å². The molecule has 206 valence electrons. The molecule has 5 rings (SSSR count). The van der Waals surface area contributed by atoms with Crippen LogP contribution in [0.4, 0.5) is 5.69 Å². The van der Waals surface area contributed by atoms with Gasteiger partial charge in [-0.3, -0.25) is 9.78 Å². The van der Waals surface area contributed by atoms with Crippen LogP contribution in [-0.2, 0) is 26.1 Å². The Balaban J connectivity index is 1.40. The lowest BCUT2D eigenvalue weighted by Gasteiger charge is -2.20. The summed E-state index contributed by atoms with van der Waals surface area (Å²) in [5.74, 6) is 1.94. The van der Waals surface area contributed by atoms with E-state index < -0.39 is 0 Å². The number of carbonyl (C=O) groups is 1. The highest BCUT2D eigenvalue weighted by atomic mass is 35.5. The molecular weight excluding hydrogens is 528 g/mol. The van der Waals surface area contributed by atoms with Crippen LogP contribution >= 0.6 is 11.6 Å². The SMILES string of the molecule is COc1ccc(COc2ccc(C(=O)Nc3ccnc4c3CCCC4)c(Cl)c2OCc2ccc(OC)cc2)cc1. The van der Waals surface area contributed by atoms with Gasteiger partial charge in [-0.1, -0.05) is 35.9 Å². The molecule has 3 aromatic carbocycles. The number of ether oxygens (including phenoxy) is 4. The zero-order valence-corrected chi connectivity index (χ0v) is 23.3. The van der Waals surface area contributed by atoms with Crippen LogP contribution in [-0.4, -0.2) is 25.1 Å². The number of fused-ring (bicyclic) bond motifs is 1. The molecule has 0 bridgehead atoms. The molecule has 0 radical (unpaired) electrons. The first-order valence-electron chi connectivity index (χ1n) is 13.2. The number of rotatable bonds is 10. The van der Waals surface area contributed by atoms with Crippen LogP contribution in [0.5, 0.6) is 23.0 Å². The van der Waals surface area contributed by atoms with Gasteiger partial charge in [0.25, 0.3) is 5.91 Å². The molecular formula is C32H31ClN2O5.